The average molecular weight is 510 g/mol. The van der Waals surface area contributed by atoms with Crippen LogP contribution in [0, 0.1) is 5.92 Å². The molecular formula is C27H32ClN5O3. The highest BCUT2D eigenvalue weighted by atomic mass is 35.5. The number of guanidine groups is 1. The Labute approximate surface area is 216 Å². The second kappa shape index (κ2) is 10.5. The highest BCUT2D eigenvalue weighted by Crippen LogP contribution is 2.45. The largest absolute Gasteiger partial charge is 0.377 e. The van der Waals surface area contributed by atoms with Crippen molar-refractivity contribution in [2.24, 2.45) is 10.9 Å². The van der Waals surface area contributed by atoms with E-state index in [2.05, 4.69) is 34.8 Å². The molecule has 190 valence electrons. The van der Waals surface area contributed by atoms with Crippen LogP contribution in [0.15, 0.2) is 41.4 Å². The Balaban J connectivity index is 1.40. The second-order valence-corrected chi connectivity index (χ2v) is 10.3. The highest BCUT2D eigenvalue weighted by Gasteiger charge is 2.32. The van der Waals surface area contributed by atoms with Crippen LogP contribution in [-0.2, 0) is 4.74 Å². The number of benzene rings is 2. The van der Waals surface area contributed by atoms with Crippen LogP contribution >= 0.6 is 11.6 Å². The normalized spacial score (nSPS) is 19.6. The Kier molecular flexibility index (Phi) is 7.16. The molecule has 9 heteroatoms. The third-order valence-electron chi connectivity index (χ3n) is 6.93. The summed E-state index contributed by atoms with van der Waals surface area (Å²) in [6.07, 6.45) is 2.15. The fourth-order valence-electron chi connectivity index (χ4n) is 4.73. The van der Waals surface area contributed by atoms with E-state index in [1.165, 1.54) is 0 Å². The monoisotopic (exact) mass is 509 g/mol. The Morgan fingerprint density at radius 1 is 1.14 bits per heavy atom. The summed E-state index contributed by atoms with van der Waals surface area (Å²) in [4.78, 5) is 32.2. The minimum Gasteiger partial charge on any atom is -0.377 e. The van der Waals surface area contributed by atoms with E-state index in [1.807, 2.05) is 29.2 Å². The number of hydrogen-bond acceptors (Lipinski definition) is 4. The van der Waals surface area contributed by atoms with Gasteiger partial charge in [0.1, 0.15) is 0 Å². The van der Waals surface area contributed by atoms with Gasteiger partial charge in [-0.1, -0.05) is 31.5 Å². The topological polar surface area (TPSA) is 95.1 Å². The van der Waals surface area contributed by atoms with E-state index in [-0.39, 0.29) is 23.8 Å². The van der Waals surface area contributed by atoms with E-state index in [9.17, 15) is 9.59 Å². The number of carbonyl (C=O) groups is 2. The zero-order valence-electron chi connectivity index (χ0n) is 20.6. The number of carbonyl (C=O) groups excluding carboxylic acids is 2. The molecule has 2 aliphatic heterocycles. The molecule has 0 radical (unpaired) electrons. The Morgan fingerprint density at radius 2 is 1.92 bits per heavy atom. The number of aliphatic imine (C=N–C) groups is 1. The Hall–Kier alpha value is -3.10. The van der Waals surface area contributed by atoms with Crippen LogP contribution in [0.1, 0.15) is 58.9 Å². The lowest BCUT2D eigenvalue weighted by Gasteiger charge is -2.38. The van der Waals surface area contributed by atoms with Crippen LogP contribution in [0.5, 0.6) is 0 Å². The average Bonchev–Trinajstić information content (AvgIpc) is 3.61. The van der Waals surface area contributed by atoms with Crippen LogP contribution in [0.3, 0.4) is 0 Å². The molecule has 2 heterocycles. The maximum atomic E-state index is 13.5. The molecule has 3 fully saturated rings. The molecule has 1 atom stereocenters. The first-order chi connectivity index (χ1) is 17.4. The van der Waals surface area contributed by atoms with Crippen molar-refractivity contribution in [3.05, 3.63) is 58.1 Å². The van der Waals surface area contributed by atoms with Crippen molar-refractivity contribution in [1.29, 1.82) is 0 Å². The smallest absolute Gasteiger partial charge is 0.280 e. The van der Waals surface area contributed by atoms with E-state index >= 15 is 0 Å². The van der Waals surface area contributed by atoms with Gasteiger partial charge in [0.05, 0.1) is 35.5 Å². The van der Waals surface area contributed by atoms with Gasteiger partial charge in [-0.25, -0.2) is 0 Å². The molecule has 0 aromatic heterocycles. The van der Waals surface area contributed by atoms with Gasteiger partial charge in [-0.05, 0) is 60.6 Å². The molecule has 2 amide bonds. The number of halogens is 1. The van der Waals surface area contributed by atoms with E-state index in [0.29, 0.717) is 53.5 Å². The van der Waals surface area contributed by atoms with Crippen LogP contribution in [0.25, 0.3) is 0 Å². The van der Waals surface area contributed by atoms with Gasteiger partial charge in [-0.3, -0.25) is 9.59 Å². The first kappa shape index (κ1) is 24.6. The lowest BCUT2D eigenvalue weighted by molar-refractivity contribution is -0.0154. The van der Waals surface area contributed by atoms with Crippen molar-refractivity contribution < 1.29 is 14.3 Å². The minimum atomic E-state index is -0.281. The van der Waals surface area contributed by atoms with E-state index in [1.54, 1.807) is 12.1 Å². The number of morpholine rings is 1. The maximum Gasteiger partial charge on any atom is 0.280 e. The van der Waals surface area contributed by atoms with Crippen molar-refractivity contribution in [3.8, 4) is 0 Å². The third kappa shape index (κ3) is 5.20. The minimum absolute atomic E-state index is 0.0173. The van der Waals surface area contributed by atoms with Crippen molar-refractivity contribution >= 4 is 40.7 Å². The summed E-state index contributed by atoms with van der Waals surface area (Å²) in [5, 5.41) is 9.94. The molecule has 3 aliphatic rings. The lowest BCUT2D eigenvalue weighted by atomic mass is 10.0. The molecule has 36 heavy (non-hydrogen) atoms. The number of anilines is 2. The van der Waals surface area contributed by atoms with Crippen molar-refractivity contribution in [2.45, 2.75) is 38.6 Å². The number of nitrogens with zero attached hydrogens (tertiary/aromatic N) is 2. The first-order valence-electron chi connectivity index (χ1n) is 12.6. The molecule has 8 nitrogen and oxygen atoms in total. The Morgan fingerprint density at radius 3 is 2.64 bits per heavy atom. The highest BCUT2D eigenvalue weighted by molar-refractivity contribution is 6.36. The summed E-state index contributed by atoms with van der Waals surface area (Å²) < 4.78 is 5.62. The molecule has 1 saturated carbocycles. The SMILES string of the molecule is CC(C)C1COCCN1C(=O)c1cccc(Nc2ccc(C(=O)N=C3NCCN3)cc2C2CC2)c1Cl. The fourth-order valence-corrected chi connectivity index (χ4v) is 4.99. The molecule has 0 spiro atoms. The number of ether oxygens (including phenoxy) is 1. The van der Waals surface area contributed by atoms with E-state index in [4.69, 9.17) is 16.3 Å². The van der Waals surface area contributed by atoms with Crippen LogP contribution < -0.4 is 16.0 Å². The van der Waals surface area contributed by atoms with Crippen LogP contribution in [0.4, 0.5) is 11.4 Å². The standard InChI is InChI=1S/C27H32ClN5O3/c1-16(2)23-15-36-13-12-33(23)26(35)19-4-3-5-22(24(19)28)31-21-9-8-18(14-20(21)17-6-7-17)25(34)32-27-29-10-11-30-27/h3-5,8-9,14,16-17,23,31H,6-7,10-13,15H2,1-2H3,(H2,29,30,32,34). The zero-order chi connectivity index (χ0) is 25.2. The summed E-state index contributed by atoms with van der Waals surface area (Å²) in [5.74, 6) is 0.822. The van der Waals surface area contributed by atoms with Crippen molar-refractivity contribution in [2.75, 3.05) is 38.2 Å². The number of hydrogen-bond donors (Lipinski definition) is 3. The van der Waals surface area contributed by atoms with Gasteiger partial charge in [0.25, 0.3) is 11.8 Å². The lowest BCUT2D eigenvalue weighted by Crippen LogP contribution is -2.51. The maximum absolute atomic E-state index is 13.5. The number of amides is 2. The molecule has 2 aromatic carbocycles. The van der Waals surface area contributed by atoms with Crippen molar-refractivity contribution in [1.82, 2.24) is 15.5 Å². The van der Waals surface area contributed by atoms with Gasteiger partial charge in [-0.15, -0.1) is 0 Å². The fraction of sp³-hybridized carbons (Fsp3) is 0.444. The summed E-state index contributed by atoms with van der Waals surface area (Å²) in [6.45, 7) is 7.32. The molecule has 5 rings (SSSR count). The predicted octanol–water partition coefficient (Wildman–Crippen LogP) is 4.15. The molecule has 1 aliphatic carbocycles. The summed E-state index contributed by atoms with van der Waals surface area (Å²) in [6, 6.07) is 11.1. The van der Waals surface area contributed by atoms with Crippen molar-refractivity contribution in [3.63, 3.8) is 0 Å². The predicted molar refractivity (Wildman–Crippen MR) is 141 cm³/mol. The van der Waals surface area contributed by atoms with Gasteiger partial charge in [0.2, 0.25) is 0 Å². The molecule has 2 saturated heterocycles. The van der Waals surface area contributed by atoms with Gasteiger partial charge >= 0.3 is 0 Å². The zero-order valence-corrected chi connectivity index (χ0v) is 21.4. The third-order valence-corrected chi connectivity index (χ3v) is 7.34. The first-order valence-corrected chi connectivity index (χ1v) is 13.0. The summed E-state index contributed by atoms with van der Waals surface area (Å²) in [7, 11) is 0. The van der Waals surface area contributed by atoms with Crippen LogP contribution in [0.2, 0.25) is 5.02 Å². The van der Waals surface area contributed by atoms with E-state index < -0.39 is 0 Å². The second-order valence-electron chi connectivity index (χ2n) is 9.87. The van der Waals surface area contributed by atoms with Gasteiger partial charge in [0.15, 0.2) is 5.96 Å². The number of rotatable bonds is 6. The van der Waals surface area contributed by atoms with Gasteiger partial charge in [0, 0.05) is 30.9 Å². The Bertz CT molecular complexity index is 1190. The van der Waals surface area contributed by atoms with Crippen LogP contribution in [-0.4, -0.2) is 61.6 Å². The molecule has 2 aromatic rings. The summed E-state index contributed by atoms with van der Waals surface area (Å²) in [5.41, 5.74) is 3.64. The van der Waals surface area contributed by atoms with E-state index in [0.717, 1.165) is 37.2 Å². The molecule has 0 bridgehead atoms. The van der Waals surface area contributed by atoms with Gasteiger partial charge < -0.3 is 25.6 Å². The quantitative estimate of drug-likeness (QED) is 0.541. The molecule has 3 N–H and O–H groups in total. The number of nitrogens with one attached hydrogen (secondary N) is 3. The van der Waals surface area contributed by atoms with Gasteiger partial charge in [-0.2, -0.15) is 4.99 Å². The summed E-state index contributed by atoms with van der Waals surface area (Å²) >= 11 is 6.80. The molecule has 1 unspecified atom stereocenters. The molecular weight excluding hydrogens is 478 g/mol.